The molecule has 104 valence electrons. The molecule has 21 heavy (non-hydrogen) atoms. The van der Waals surface area contributed by atoms with Crippen LogP contribution in [0, 0.1) is 13.8 Å². The highest BCUT2D eigenvalue weighted by atomic mass is 14.4. The lowest BCUT2D eigenvalue weighted by atomic mass is 9.68. The maximum atomic E-state index is 2.37. The summed E-state index contributed by atoms with van der Waals surface area (Å²) in [6.07, 6.45) is 0. The van der Waals surface area contributed by atoms with E-state index < -0.39 is 0 Å². The molecule has 0 saturated heterocycles. The van der Waals surface area contributed by atoms with E-state index in [2.05, 4.69) is 76.2 Å². The molecule has 0 unspecified atom stereocenters. The molecule has 0 radical (unpaired) electrons. The van der Waals surface area contributed by atoms with E-state index in [4.69, 9.17) is 0 Å². The Balaban J connectivity index is 2.25. The van der Waals surface area contributed by atoms with Gasteiger partial charge >= 0.3 is 0 Å². The van der Waals surface area contributed by atoms with Crippen LogP contribution in [0.1, 0.15) is 36.1 Å². The lowest BCUT2D eigenvalue weighted by molar-refractivity contribution is 0.644. The quantitative estimate of drug-likeness (QED) is 0.488. The van der Waals surface area contributed by atoms with E-state index in [0.29, 0.717) is 0 Å². The Kier molecular flexibility index (Phi) is 2.39. The number of hydrogen-bond acceptors (Lipinski definition) is 0. The van der Waals surface area contributed by atoms with Crippen molar-refractivity contribution in [1.29, 1.82) is 0 Å². The van der Waals surface area contributed by atoms with Crippen LogP contribution in [0.15, 0.2) is 48.5 Å². The molecular weight excluding hydrogens is 252 g/mol. The zero-order chi connectivity index (χ0) is 14.8. The van der Waals surface area contributed by atoms with Crippen LogP contribution in [0.2, 0.25) is 0 Å². The van der Waals surface area contributed by atoms with Gasteiger partial charge in [0.25, 0.3) is 0 Å². The van der Waals surface area contributed by atoms with Crippen molar-refractivity contribution < 1.29 is 0 Å². The van der Waals surface area contributed by atoms with Gasteiger partial charge in [0.05, 0.1) is 0 Å². The van der Waals surface area contributed by atoms with Gasteiger partial charge in [-0.1, -0.05) is 73.5 Å². The first-order valence-electron chi connectivity index (χ1n) is 7.64. The molecule has 0 saturated carbocycles. The summed E-state index contributed by atoms with van der Waals surface area (Å²) in [5.41, 5.74) is 8.44. The minimum absolute atomic E-state index is 0.0555. The largest absolute Gasteiger partial charge is 0.0610 e. The van der Waals surface area contributed by atoms with Crippen LogP contribution in [0.4, 0.5) is 0 Å². The van der Waals surface area contributed by atoms with Gasteiger partial charge in [-0.2, -0.15) is 0 Å². The molecule has 0 heterocycles. The maximum Gasteiger partial charge on any atom is 0.0159 e. The van der Waals surface area contributed by atoms with Crippen LogP contribution >= 0.6 is 0 Å². The minimum Gasteiger partial charge on any atom is -0.0610 e. The number of aryl methyl sites for hydroxylation is 2. The molecule has 0 nitrogen and oxygen atoms in total. The van der Waals surface area contributed by atoms with Crippen molar-refractivity contribution in [2.75, 3.05) is 0 Å². The zero-order valence-electron chi connectivity index (χ0n) is 13.1. The van der Waals surface area contributed by atoms with Crippen LogP contribution in [0.5, 0.6) is 0 Å². The predicted molar refractivity (Wildman–Crippen MR) is 91.0 cm³/mol. The Morgan fingerprint density at radius 1 is 0.714 bits per heavy atom. The number of benzene rings is 3. The molecular formula is C21H20. The van der Waals surface area contributed by atoms with Crippen molar-refractivity contribution in [3.8, 4) is 11.1 Å². The fraction of sp³-hybridized carbons (Fsp3) is 0.238. The zero-order valence-corrected chi connectivity index (χ0v) is 13.1. The fourth-order valence-electron chi connectivity index (χ4n) is 3.85. The monoisotopic (exact) mass is 272 g/mol. The summed E-state index contributed by atoms with van der Waals surface area (Å²) < 4.78 is 0. The van der Waals surface area contributed by atoms with E-state index in [-0.39, 0.29) is 5.41 Å². The van der Waals surface area contributed by atoms with E-state index in [1.54, 1.807) is 0 Å². The highest BCUT2D eigenvalue weighted by Gasteiger charge is 2.33. The molecule has 0 aliphatic heterocycles. The van der Waals surface area contributed by atoms with E-state index in [0.717, 1.165) is 0 Å². The number of fused-ring (bicyclic) bond motifs is 2. The molecule has 4 rings (SSSR count). The molecule has 0 fully saturated rings. The Morgan fingerprint density at radius 3 is 2.29 bits per heavy atom. The third-order valence-corrected chi connectivity index (χ3v) is 4.93. The number of rotatable bonds is 0. The molecule has 0 amide bonds. The molecule has 0 heteroatoms. The molecule has 1 aliphatic rings. The van der Waals surface area contributed by atoms with Crippen LogP contribution in [-0.4, -0.2) is 0 Å². The predicted octanol–water partition coefficient (Wildman–Crippen LogP) is 5.76. The van der Waals surface area contributed by atoms with Gasteiger partial charge < -0.3 is 0 Å². The van der Waals surface area contributed by atoms with Gasteiger partial charge in [0.2, 0.25) is 0 Å². The Morgan fingerprint density at radius 2 is 1.48 bits per heavy atom. The van der Waals surface area contributed by atoms with Gasteiger partial charge in [-0.25, -0.2) is 0 Å². The molecule has 0 atom stereocenters. The maximum absolute atomic E-state index is 2.37. The van der Waals surface area contributed by atoms with E-state index in [9.17, 15) is 0 Å². The van der Waals surface area contributed by atoms with Crippen LogP contribution in [-0.2, 0) is 5.41 Å². The lowest BCUT2D eigenvalue weighted by Gasteiger charge is -2.35. The molecule has 3 aromatic rings. The Hall–Kier alpha value is -2.08. The first-order chi connectivity index (χ1) is 9.98. The molecule has 0 spiro atoms. The minimum atomic E-state index is 0.0555. The van der Waals surface area contributed by atoms with Crippen molar-refractivity contribution in [3.63, 3.8) is 0 Å². The van der Waals surface area contributed by atoms with E-state index >= 15 is 0 Å². The summed E-state index contributed by atoms with van der Waals surface area (Å²) in [6, 6.07) is 18.3. The second-order valence-corrected chi connectivity index (χ2v) is 6.89. The average molecular weight is 272 g/mol. The summed E-state index contributed by atoms with van der Waals surface area (Å²) in [4.78, 5) is 0. The smallest absolute Gasteiger partial charge is 0.0159 e. The van der Waals surface area contributed by atoms with Crippen molar-refractivity contribution in [1.82, 2.24) is 0 Å². The summed E-state index contributed by atoms with van der Waals surface area (Å²) >= 11 is 0. The molecule has 3 aromatic carbocycles. The SMILES string of the molecule is Cc1ccc2c(c1)C(C)(C)c1cc(C)cc3cccc-2c13. The molecule has 0 aromatic heterocycles. The van der Waals surface area contributed by atoms with Gasteiger partial charge in [0.15, 0.2) is 0 Å². The molecule has 0 N–H and O–H groups in total. The summed E-state index contributed by atoms with van der Waals surface area (Å²) in [5.74, 6) is 0. The highest BCUT2D eigenvalue weighted by molar-refractivity contribution is 6.03. The standard InChI is InChI=1S/C21H20/c1-13-8-9-16-17-7-5-6-15-10-14(2)12-19(20(15)17)21(3,4)18(16)11-13/h5-12H,1-4H3. The van der Waals surface area contributed by atoms with Crippen molar-refractivity contribution in [2.24, 2.45) is 0 Å². The average Bonchev–Trinajstić information content (AvgIpc) is 2.44. The van der Waals surface area contributed by atoms with Gasteiger partial charge in [0.1, 0.15) is 0 Å². The van der Waals surface area contributed by atoms with E-state index in [1.165, 1.54) is 44.2 Å². The highest BCUT2D eigenvalue weighted by Crippen LogP contribution is 2.48. The second-order valence-electron chi connectivity index (χ2n) is 6.89. The van der Waals surface area contributed by atoms with Crippen molar-refractivity contribution in [2.45, 2.75) is 33.1 Å². The first-order valence-corrected chi connectivity index (χ1v) is 7.64. The van der Waals surface area contributed by atoms with Crippen LogP contribution in [0.25, 0.3) is 21.9 Å². The van der Waals surface area contributed by atoms with Gasteiger partial charge in [0, 0.05) is 5.41 Å². The molecule has 1 aliphatic carbocycles. The summed E-state index contributed by atoms with van der Waals surface area (Å²) in [7, 11) is 0. The second kappa shape index (κ2) is 3.98. The third kappa shape index (κ3) is 1.62. The van der Waals surface area contributed by atoms with Gasteiger partial charge in [-0.15, -0.1) is 0 Å². The lowest BCUT2D eigenvalue weighted by Crippen LogP contribution is -2.24. The third-order valence-electron chi connectivity index (χ3n) is 4.93. The van der Waals surface area contributed by atoms with Crippen molar-refractivity contribution >= 4 is 10.8 Å². The van der Waals surface area contributed by atoms with Gasteiger partial charge in [-0.05, 0) is 46.9 Å². The fourth-order valence-corrected chi connectivity index (χ4v) is 3.85. The first kappa shape index (κ1) is 12.6. The summed E-state index contributed by atoms with van der Waals surface area (Å²) in [5, 5.41) is 2.80. The number of hydrogen-bond donors (Lipinski definition) is 0. The Bertz CT molecular complexity index is 882. The summed E-state index contributed by atoms with van der Waals surface area (Å²) in [6.45, 7) is 9.10. The van der Waals surface area contributed by atoms with Gasteiger partial charge in [-0.3, -0.25) is 0 Å². The van der Waals surface area contributed by atoms with E-state index in [1.807, 2.05) is 0 Å². The van der Waals surface area contributed by atoms with Crippen molar-refractivity contribution in [3.05, 3.63) is 70.8 Å². The van der Waals surface area contributed by atoms with Crippen LogP contribution in [0.3, 0.4) is 0 Å². The Labute approximate surface area is 126 Å². The normalized spacial score (nSPS) is 15.0. The van der Waals surface area contributed by atoms with Crippen LogP contribution < -0.4 is 0 Å². The molecule has 0 bridgehead atoms. The topological polar surface area (TPSA) is 0 Å².